The first-order chi connectivity index (χ1) is 6.82. The van der Waals surface area contributed by atoms with Gasteiger partial charge in [-0.25, -0.2) is 0 Å². The summed E-state index contributed by atoms with van der Waals surface area (Å²) in [6.45, 7) is 3.26. The molecule has 1 nitrogen and oxygen atoms in total. The van der Waals surface area contributed by atoms with Gasteiger partial charge in [0.2, 0.25) is 0 Å². The molecule has 0 aliphatic carbocycles. The Morgan fingerprint density at radius 3 is 2.27 bits per heavy atom. The van der Waals surface area contributed by atoms with E-state index in [1.54, 1.807) is 19.9 Å². The largest absolute Gasteiger partial charge is 0.416 e. The first-order valence-corrected chi connectivity index (χ1v) is 4.67. The van der Waals surface area contributed by atoms with E-state index in [2.05, 4.69) is 0 Å². The zero-order valence-corrected chi connectivity index (χ0v) is 8.55. The summed E-state index contributed by atoms with van der Waals surface area (Å²) in [4.78, 5) is 0. The maximum atomic E-state index is 12.4. The minimum Gasteiger partial charge on any atom is -0.393 e. The van der Waals surface area contributed by atoms with Crippen LogP contribution in [0, 0.1) is 0 Å². The number of halogens is 3. The van der Waals surface area contributed by atoms with Gasteiger partial charge < -0.3 is 5.11 Å². The second kappa shape index (κ2) is 4.23. The van der Waals surface area contributed by atoms with E-state index in [9.17, 15) is 18.3 Å². The third kappa shape index (κ3) is 2.96. The third-order valence-corrected chi connectivity index (χ3v) is 2.46. The van der Waals surface area contributed by atoms with Crippen LogP contribution in [0.1, 0.15) is 30.9 Å². The summed E-state index contributed by atoms with van der Waals surface area (Å²) in [5, 5.41) is 9.29. The highest BCUT2D eigenvalue weighted by Crippen LogP contribution is 2.31. The van der Waals surface area contributed by atoms with Gasteiger partial charge >= 0.3 is 6.18 Å². The maximum absolute atomic E-state index is 12.4. The van der Waals surface area contributed by atoms with Crippen LogP contribution in [0.2, 0.25) is 0 Å². The van der Waals surface area contributed by atoms with Crippen molar-refractivity contribution in [2.24, 2.45) is 0 Å². The Labute approximate surface area is 86.5 Å². The van der Waals surface area contributed by atoms with Crippen LogP contribution < -0.4 is 0 Å². The van der Waals surface area contributed by atoms with Gasteiger partial charge in [-0.1, -0.05) is 25.1 Å². The Hall–Kier alpha value is -1.03. The molecule has 1 rings (SSSR count). The van der Waals surface area contributed by atoms with Gasteiger partial charge in [0.05, 0.1) is 11.7 Å². The van der Waals surface area contributed by atoms with E-state index in [0.717, 1.165) is 12.1 Å². The van der Waals surface area contributed by atoms with Gasteiger partial charge in [-0.2, -0.15) is 13.2 Å². The molecule has 2 atom stereocenters. The molecule has 0 saturated heterocycles. The minimum atomic E-state index is -4.32. The second-order valence-corrected chi connectivity index (χ2v) is 3.65. The quantitative estimate of drug-likeness (QED) is 0.808. The summed E-state index contributed by atoms with van der Waals surface area (Å²) < 4.78 is 37.1. The van der Waals surface area contributed by atoms with Crippen molar-refractivity contribution in [2.45, 2.75) is 32.0 Å². The Bertz CT molecular complexity index is 331. The first-order valence-electron chi connectivity index (χ1n) is 4.67. The zero-order valence-electron chi connectivity index (χ0n) is 8.55. The molecule has 0 bridgehead atoms. The van der Waals surface area contributed by atoms with Gasteiger partial charge in [0.25, 0.3) is 0 Å². The van der Waals surface area contributed by atoms with Crippen molar-refractivity contribution in [3.63, 3.8) is 0 Å². The Morgan fingerprint density at radius 2 is 1.80 bits per heavy atom. The molecule has 0 amide bonds. The fourth-order valence-corrected chi connectivity index (χ4v) is 1.28. The van der Waals surface area contributed by atoms with E-state index in [0.29, 0.717) is 5.56 Å². The zero-order chi connectivity index (χ0) is 11.6. The summed E-state index contributed by atoms with van der Waals surface area (Å²) in [7, 11) is 0. The summed E-state index contributed by atoms with van der Waals surface area (Å²) in [6.07, 6.45) is -4.98. The predicted molar refractivity (Wildman–Crippen MR) is 51.5 cm³/mol. The van der Waals surface area contributed by atoms with Crippen LogP contribution in [0.15, 0.2) is 24.3 Å². The van der Waals surface area contributed by atoms with Crippen molar-refractivity contribution < 1.29 is 18.3 Å². The third-order valence-electron chi connectivity index (χ3n) is 2.46. The number of benzene rings is 1. The number of hydrogen-bond acceptors (Lipinski definition) is 1. The molecule has 84 valence electrons. The number of aliphatic hydroxyl groups excluding tert-OH is 1. The highest BCUT2D eigenvalue weighted by atomic mass is 19.4. The van der Waals surface area contributed by atoms with Gasteiger partial charge in [0.1, 0.15) is 0 Å². The van der Waals surface area contributed by atoms with Gasteiger partial charge in [-0.3, -0.25) is 0 Å². The van der Waals surface area contributed by atoms with Crippen LogP contribution in [0.25, 0.3) is 0 Å². The van der Waals surface area contributed by atoms with Crippen molar-refractivity contribution in [1.82, 2.24) is 0 Å². The van der Waals surface area contributed by atoms with Crippen LogP contribution in [0.5, 0.6) is 0 Å². The molecule has 0 spiro atoms. The average molecular weight is 218 g/mol. The molecular formula is C11H13F3O. The molecular weight excluding hydrogens is 205 g/mol. The fraction of sp³-hybridized carbons (Fsp3) is 0.455. The minimum absolute atomic E-state index is 0.299. The predicted octanol–water partition coefficient (Wildman–Crippen LogP) is 3.19. The lowest BCUT2D eigenvalue weighted by atomic mass is 9.95. The molecule has 0 fully saturated rings. The van der Waals surface area contributed by atoms with E-state index in [1.807, 2.05) is 0 Å². The average Bonchev–Trinajstić information content (AvgIpc) is 2.15. The lowest BCUT2D eigenvalue weighted by Gasteiger charge is -2.16. The molecule has 0 aliphatic rings. The smallest absolute Gasteiger partial charge is 0.393 e. The van der Waals surface area contributed by atoms with E-state index in [4.69, 9.17) is 0 Å². The maximum Gasteiger partial charge on any atom is 0.416 e. The molecule has 0 unspecified atom stereocenters. The summed E-state index contributed by atoms with van der Waals surface area (Å²) in [5.74, 6) is -0.299. The first kappa shape index (κ1) is 12.0. The van der Waals surface area contributed by atoms with Crippen LogP contribution >= 0.6 is 0 Å². The van der Waals surface area contributed by atoms with Crippen molar-refractivity contribution in [3.8, 4) is 0 Å². The van der Waals surface area contributed by atoms with Gasteiger partial charge in [-0.05, 0) is 18.6 Å². The van der Waals surface area contributed by atoms with E-state index >= 15 is 0 Å². The van der Waals surface area contributed by atoms with Crippen LogP contribution in [-0.2, 0) is 6.18 Å². The summed E-state index contributed by atoms with van der Waals surface area (Å²) in [5.41, 5.74) is -0.174. The highest BCUT2D eigenvalue weighted by molar-refractivity contribution is 5.28. The van der Waals surface area contributed by atoms with E-state index in [1.165, 1.54) is 6.07 Å². The number of hydrogen-bond donors (Lipinski definition) is 1. The lowest BCUT2D eigenvalue weighted by molar-refractivity contribution is -0.137. The SMILES string of the molecule is C[C@H](O)[C@@H](C)c1cccc(C(F)(F)F)c1. The second-order valence-electron chi connectivity index (χ2n) is 3.65. The van der Waals surface area contributed by atoms with Crippen LogP contribution in [0.3, 0.4) is 0 Å². The standard InChI is InChI=1S/C11H13F3O/c1-7(8(2)15)9-4-3-5-10(6-9)11(12,13)14/h3-8,15H,1-2H3/t7-,8+/m1/s1. The lowest BCUT2D eigenvalue weighted by Crippen LogP contribution is -2.12. The Morgan fingerprint density at radius 1 is 1.20 bits per heavy atom. The molecule has 1 aromatic carbocycles. The van der Waals surface area contributed by atoms with Gasteiger partial charge in [0.15, 0.2) is 0 Å². The highest BCUT2D eigenvalue weighted by Gasteiger charge is 2.30. The normalized spacial score (nSPS) is 16.1. The topological polar surface area (TPSA) is 20.2 Å². The molecule has 0 heterocycles. The number of aliphatic hydroxyl groups is 1. The number of alkyl halides is 3. The molecule has 15 heavy (non-hydrogen) atoms. The van der Waals surface area contributed by atoms with Gasteiger partial charge in [-0.15, -0.1) is 0 Å². The van der Waals surface area contributed by atoms with Crippen molar-refractivity contribution in [3.05, 3.63) is 35.4 Å². The van der Waals surface area contributed by atoms with Crippen LogP contribution in [-0.4, -0.2) is 11.2 Å². The molecule has 4 heteroatoms. The molecule has 1 aromatic rings. The van der Waals surface area contributed by atoms with Crippen molar-refractivity contribution in [2.75, 3.05) is 0 Å². The molecule has 0 radical (unpaired) electrons. The Kier molecular flexibility index (Phi) is 3.39. The fourth-order valence-electron chi connectivity index (χ4n) is 1.28. The molecule has 0 aromatic heterocycles. The molecule has 1 N–H and O–H groups in total. The summed E-state index contributed by atoms with van der Waals surface area (Å²) >= 11 is 0. The van der Waals surface area contributed by atoms with Crippen LogP contribution in [0.4, 0.5) is 13.2 Å². The van der Waals surface area contributed by atoms with E-state index in [-0.39, 0.29) is 5.92 Å². The number of rotatable bonds is 2. The molecule has 0 aliphatic heterocycles. The monoisotopic (exact) mass is 218 g/mol. The Balaban J connectivity index is 3.03. The summed E-state index contributed by atoms with van der Waals surface area (Å²) in [6, 6.07) is 5.05. The van der Waals surface area contributed by atoms with E-state index < -0.39 is 17.8 Å². The van der Waals surface area contributed by atoms with Gasteiger partial charge in [0, 0.05) is 5.92 Å². The van der Waals surface area contributed by atoms with Crippen molar-refractivity contribution >= 4 is 0 Å². The molecule has 0 saturated carbocycles. The van der Waals surface area contributed by atoms with Crippen molar-refractivity contribution in [1.29, 1.82) is 0 Å².